The predicted molar refractivity (Wildman–Crippen MR) is 84.1 cm³/mol. The lowest BCUT2D eigenvalue weighted by Crippen LogP contribution is -2.33. The van der Waals surface area contributed by atoms with Gasteiger partial charge in [-0.1, -0.05) is 19.1 Å². The molecule has 106 valence electrons. The third kappa shape index (κ3) is 4.43. The highest BCUT2D eigenvalue weighted by molar-refractivity contribution is 7.99. The molecule has 1 N–H and O–H groups in total. The summed E-state index contributed by atoms with van der Waals surface area (Å²) in [6.07, 6.45) is 2.72. The highest BCUT2D eigenvalue weighted by atomic mass is 32.2. The van der Waals surface area contributed by atoms with Crippen molar-refractivity contribution >= 4 is 11.8 Å². The minimum absolute atomic E-state index is 0.512. The molecule has 1 saturated carbocycles. The van der Waals surface area contributed by atoms with Crippen LogP contribution in [0.4, 0.5) is 0 Å². The average molecular weight is 279 g/mol. The second-order valence-corrected chi connectivity index (χ2v) is 6.63. The van der Waals surface area contributed by atoms with E-state index in [1.807, 2.05) is 11.8 Å². The third-order valence-electron chi connectivity index (χ3n) is 3.60. The SMILES string of the molecule is CCSCC(C)NC(c1ccc(OC)cc1)C1CC1. The number of methoxy groups -OCH3 is 1. The van der Waals surface area contributed by atoms with Gasteiger partial charge in [0.1, 0.15) is 5.75 Å². The molecule has 1 aromatic rings. The van der Waals surface area contributed by atoms with Gasteiger partial charge in [0.25, 0.3) is 0 Å². The van der Waals surface area contributed by atoms with Gasteiger partial charge in [-0.3, -0.25) is 0 Å². The predicted octanol–water partition coefficient (Wildman–Crippen LogP) is 3.88. The second kappa shape index (κ2) is 7.20. The van der Waals surface area contributed by atoms with Crippen molar-refractivity contribution in [1.29, 1.82) is 0 Å². The zero-order chi connectivity index (χ0) is 13.7. The fraction of sp³-hybridized carbons (Fsp3) is 0.625. The van der Waals surface area contributed by atoms with Crippen LogP contribution in [0, 0.1) is 5.92 Å². The summed E-state index contributed by atoms with van der Waals surface area (Å²) in [5.74, 6) is 4.15. The minimum Gasteiger partial charge on any atom is -0.497 e. The van der Waals surface area contributed by atoms with Crippen molar-refractivity contribution in [1.82, 2.24) is 5.32 Å². The maximum Gasteiger partial charge on any atom is 0.118 e. The van der Waals surface area contributed by atoms with Crippen LogP contribution in [0.5, 0.6) is 5.75 Å². The fourth-order valence-corrected chi connectivity index (χ4v) is 3.08. The molecule has 0 radical (unpaired) electrons. The summed E-state index contributed by atoms with van der Waals surface area (Å²) in [4.78, 5) is 0. The third-order valence-corrected chi connectivity index (χ3v) is 4.75. The van der Waals surface area contributed by atoms with Crippen LogP contribution in [0.1, 0.15) is 38.3 Å². The number of nitrogens with one attached hydrogen (secondary N) is 1. The molecule has 0 amide bonds. The molecule has 0 heterocycles. The number of thioether (sulfide) groups is 1. The molecule has 0 saturated heterocycles. The lowest BCUT2D eigenvalue weighted by molar-refractivity contribution is 0.412. The van der Waals surface area contributed by atoms with Crippen LogP contribution in [-0.2, 0) is 0 Å². The van der Waals surface area contributed by atoms with Crippen LogP contribution in [0.15, 0.2) is 24.3 Å². The molecule has 1 fully saturated rings. The van der Waals surface area contributed by atoms with Crippen LogP contribution in [0.3, 0.4) is 0 Å². The smallest absolute Gasteiger partial charge is 0.118 e. The zero-order valence-corrected chi connectivity index (χ0v) is 13.0. The van der Waals surface area contributed by atoms with E-state index in [-0.39, 0.29) is 0 Å². The Hall–Kier alpha value is -0.670. The van der Waals surface area contributed by atoms with E-state index in [1.165, 1.54) is 29.9 Å². The standard InChI is InChI=1S/C16H25NOS/c1-4-19-11-12(2)17-16(13-5-6-13)14-7-9-15(18-3)10-8-14/h7-10,12-13,16-17H,4-6,11H2,1-3H3. The Morgan fingerprint density at radius 1 is 1.32 bits per heavy atom. The summed E-state index contributed by atoms with van der Waals surface area (Å²) in [7, 11) is 1.72. The first kappa shape index (κ1) is 14.7. The van der Waals surface area contributed by atoms with Gasteiger partial charge >= 0.3 is 0 Å². The summed E-state index contributed by atoms with van der Waals surface area (Å²) >= 11 is 2.01. The molecule has 3 heteroatoms. The highest BCUT2D eigenvalue weighted by Gasteiger charge is 2.32. The Labute approximate surface area is 121 Å². The number of hydrogen-bond acceptors (Lipinski definition) is 3. The molecule has 1 aromatic carbocycles. The van der Waals surface area contributed by atoms with E-state index in [2.05, 4.69) is 43.4 Å². The Bertz CT molecular complexity index is 375. The van der Waals surface area contributed by atoms with Crippen molar-refractivity contribution in [3.8, 4) is 5.75 Å². The maximum atomic E-state index is 5.24. The number of hydrogen-bond donors (Lipinski definition) is 1. The molecule has 2 unspecified atom stereocenters. The Morgan fingerprint density at radius 2 is 2.00 bits per heavy atom. The minimum atomic E-state index is 0.512. The molecule has 2 nitrogen and oxygen atoms in total. The van der Waals surface area contributed by atoms with Gasteiger partial charge in [-0.2, -0.15) is 11.8 Å². The summed E-state index contributed by atoms with van der Waals surface area (Å²) in [5, 5.41) is 3.81. The summed E-state index contributed by atoms with van der Waals surface area (Å²) in [5.41, 5.74) is 1.40. The molecule has 2 rings (SSSR count). The fourth-order valence-electron chi connectivity index (χ4n) is 2.39. The van der Waals surface area contributed by atoms with Crippen molar-refractivity contribution < 1.29 is 4.74 Å². The second-order valence-electron chi connectivity index (χ2n) is 5.32. The van der Waals surface area contributed by atoms with Gasteiger partial charge in [0.2, 0.25) is 0 Å². The Balaban J connectivity index is 1.98. The molecule has 0 aliphatic heterocycles. The lowest BCUT2D eigenvalue weighted by Gasteiger charge is -2.23. The first-order chi connectivity index (χ1) is 9.24. The van der Waals surface area contributed by atoms with Crippen LogP contribution in [-0.4, -0.2) is 24.7 Å². The normalized spacial score (nSPS) is 18.1. The molecular formula is C16H25NOS. The van der Waals surface area contributed by atoms with Crippen molar-refractivity contribution in [3.63, 3.8) is 0 Å². The van der Waals surface area contributed by atoms with Crippen molar-refractivity contribution in [2.75, 3.05) is 18.6 Å². The van der Waals surface area contributed by atoms with Gasteiger partial charge in [0.05, 0.1) is 7.11 Å². The van der Waals surface area contributed by atoms with Gasteiger partial charge in [0.15, 0.2) is 0 Å². The Kier molecular flexibility index (Phi) is 5.59. The van der Waals surface area contributed by atoms with Crippen LogP contribution in [0.25, 0.3) is 0 Å². The molecule has 0 spiro atoms. The number of ether oxygens (including phenoxy) is 1. The molecule has 1 aliphatic carbocycles. The van der Waals surface area contributed by atoms with Gasteiger partial charge in [-0.15, -0.1) is 0 Å². The van der Waals surface area contributed by atoms with E-state index in [1.54, 1.807) is 7.11 Å². The molecular weight excluding hydrogens is 254 g/mol. The Morgan fingerprint density at radius 3 is 2.53 bits per heavy atom. The molecule has 19 heavy (non-hydrogen) atoms. The monoisotopic (exact) mass is 279 g/mol. The van der Waals surface area contributed by atoms with Crippen molar-refractivity contribution in [3.05, 3.63) is 29.8 Å². The molecule has 0 bridgehead atoms. The summed E-state index contributed by atoms with van der Waals surface area (Å²) in [6, 6.07) is 9.62. The van der Waals surface area contributed by atoms with E-state index < -0.39 is 0 Å². The molecule has 0 aromatic heterocycles. The maximum absolute atomic E-state index is 5.24. The van der Waals surface area contributed by atoms with E-state index in [0.717, 1.165) is 11.7 Å². The summed E-state index contributed by atoms with van der Waals surface area (Å²) in [6.45, 7) is 4.51. The van der Waals surface area contributed by atoms with Crippen molar-refractivity contribution in [2.45, 2.75) is 38.8 Å². The van der Waals surface area contributed by atoms with E-state index in [9.17, 15) is 0 Å². The van der Waals surface area contributed by atoms with Gasteiger partial charge in [-0.05, 0) is 49.1 Å². The lowest BCUT2D eigenvalue weighted by atomic mass is 10.0. The number of benzene rings is 1. The van der Waals surface area contributed by atoms with E-state index >= 15 is 0 Å². The zero-order valence-electron chi connectivity index (χ0n) is 12.2. The molecule has 1 aliphatic rings. The topological polar surface area (TPSA) is 21.3 Å². The highest BCUT2D eigenvalue weighted by Crippen LogP contribution is 2.41. The largest absolute Gasteiger partial charge is 0.497 e. The quantitative estimate of drug-likeness (QED) is 0.780. The first-order valence-corrected chi connectivity index (χ1v) is 8.37. The van der Waals surface area contributed by atoms with Gasteiger partial charge in [-0.25, -0.2) is 0 Å². The van der Waals surface area contributed by atoms with Crippen LogP contribution < -0.4 is 10.1 Å². The molecule has 2 atom stereocenters. The van der Waals surface area contributed by atoms with Crippen LogP contribution >= 0.6 is 11.8 Å². The average Bonchev–Trinajstić information content (AvgIpc) is 3.27. The van der Waals surface area contributed by atoms with Crippen LogP contribution in [0.2, 0.25) is 0 Å². The number of rotatable bonds is 8. The van der Waals surface area contributed by atoms with Gasteiger partial charge in [0, 0.05) is 17.8 Å². The van der Waals surface area contributed by atoms with E-state index in [0.29, 0.717) is 12.1 Å². The summed E-state index contributed by atoms with van der Waals surface area (Å²) < 4.78 is 5.24. The first-order valence-electron chi connectivity index (χ1n) is 7.22. The van der Waals surface area contributed by atoms with Crippen molar-refractivity contribution in [2.24, 2.45) is 5.92 Å². The van der Waals surface area contributed by atoms with Gasteiger partial charge < -0.3 is 10.1 Å². The van der Waals surface area contributed by atoms with E-state index in [4.69, 9.17) is 4.74 Å².